The molecule has 12 nitrogen and oxygen atoms in total. The molecule has 0 aromatic heterocycles. The van der Waals surface area contributed by atoms with Crippen molar-refractivity contribution in [2.45, 2.75) is 477 Å². The maximum absolute atomic E-state index is 13.1. The number of esters is 6. The third-order valence-electron chi connectivity index (χ3n) is 19.3. The molecule has 0 amide bonds. The molecule has 0 heterocycles. The van der Waals surface area contributed by atoms with Crippen molar-refractivity contribution in [3.63, 3.8) is 0 Å². The van der Waals surface area contributed by atoms with Crippen molar-refractivity contribution >= 4 is 35.8 Å². The van der Waals surface area contributed by atoms with E-state index < -0.39 is 36.1 Å². The molecular formula is C84H158O12. The predicted octanol–water partition coefficient (Wildman–Crippen LogP) is 25.6. The van der Waals surface area contributed by atoms with Crippen molar-refractivity contribution in [3.8, 4) is 0 Å². The molecule has 0 fully saturated rings. The quantitative estimate of drug-likeness (QED) is 0.0323. The van der Waals surface area contributed by atoms with E-state index >= 15 is 0 Å². The fourth-order valence-electron chi connectivity index (χ4n) is 12.9. The third-order valence-corrected chi connectivity index (χ3v) is 19.3. The molecule has 0 aliphatic heterocycles. The maximum Gasteiger partial charge on any atom is 0.306 e. The lowest BCUT2D eigenvalue weighted by Gasteiger charge is -2.18. The summed E-state index contributed by atoms with van der Waals surface area (Å²) in [6, 6.07) is 0. The van der Waals surface area contributed by atoms with Gasteiger partial charge in [-0.25, -0.2) is 0 Å². The van der Waals surface area contributed by atoms with E-state index in [1.54, 1.807) is 0 Å². The van der Waals surface area contributed by atoms with Gasteiger partial charge in [0.25, 0.3) is 0 Å². The summed E-state index contributed by atoms with van der Waals surface area (Å²) in [5.41, 5.74) is 0. The van der Waals surface area contributed by atoms with E-state index in [1.165, 1.54) is 295 Å². The van der Waals surface area contributed by atoms with Crippen molar-refractivity contribution in [1.82, 2.24) is 0 Å². The Bertz CT molecular complexity index is 1570. The van der Waals surface area contributed by atoms with Crippen LogP contribution < -0.4 is 0 Å². The lowest BCUT2D eigenvalue weighted by molar-refractivity contribution is -0.167. The van der Waals surface area contributed by atoms with Gasteiger partial charge in [-0.2, -0.15) is 0 Å². The Kier molecular flexibility index (Phi) is 75.0. The van der Waals surface area contributed by atoms with Crippen LogP contribution in [-0.2, 0) is 57.2 Å². The average Bonchev–Trinajstić information content (AvgIpc) is 2.60. The smallest absolute Gasteiger partial charge is 0.306 e. The first-order valence-corrected chi connectivity index (χ1v) is 42.2. The van der Waals surface area contributed by atoms with Gasteiger partial charge in [0.05, 0.1) is 0 Å². The lowest BCUT2D eigenvalue weighted by atomic mass is 10.0. The second kappa shape index (κ2) is 77.6. The molecule has 0 aromatic carbocycles. The average molecular weight is 1360 g/mol. The standard InChI is InChI=1S/C84H158O12/c1-5-9-13-17-21-25-29-33-37-41-45-49-53-57-61-67-79(85)91-73-77(95-83(89)71-63-59-55-51-47-43-39-35-31-27-23-19-15-11-7-3)75-93-81(87)69-65-66-70-82(88)94-76-78(96-84(90)72-64-60-56-52-48-44-40-36-32-28-24-20-16-12-8-4)74-92-80(86)68-62-58-54-50-46-42-38-34-30-26-22-18-14-10-6-2/h77-78H,5-76H2,1-4H3. The number of hydrogen-bond acceptors (Lipinski definition) is 12. The van der Waals surface area contributed by atoms with E-state index in [1.807, 2.05) is 0 Å². The molecule has 12 heteroatoms. The Morgan fingerprint density at radius 2 is 0.281 bits per heavy atom. The summed E-state index contributed by atoms with van der Waals surface area (Å²) in [5, 5.41) is 0. The molecule has 0 N–H and O–H groups in total. The monoisotopic (exact) mass is 1360 g/mol. The Morgan fingerprint density at radius 3 is 0.427 bits per heavy atom. The minimum absolute atomic E-state index is 0.0287. The number of hydrogen-bond donors (Lipinski definition) is 0. The topological polar surface area (TPSA) is 158 Å². The normalized spacial score (nSPS) is 12.0. The van der Waals surface area contributed by atoms with Crippen molar-refractivity contribution in [2.24, 2.45) is 0 Å². The highest BCUT2D eigenvalue weighted by Crippen LogP contribution is 2.20. The molecule has 2 unspecified atom stereocenters. The van der Waals surface area contributed by atoms with Crippen LogP contribution in [0, 0.1) is 0 Å². The van der Waals surface area contributed by atoms with Crippen LogP contribution >= 0.6 is 0 Å². The van der Waals surface area contributed by atoms with Gasteiger partial charge in [0.2, 0.25) is 0 Å². The Balaban J connectivity index is 5.05. The van der Waals surface area contributed by atoms with Crippen molar-refractivity contribution in [1.29, 1.82) is 0 Å². The molecule has 0 saturated carbocycles. The highest BCUT2D eigenvalue weighted by atomic mass is 16.6. The SMILES string of the molecule is CCCCCCCCCCCCCCCCCC(=O)OCC(COC(=O)CCCCC(=O)OCC(COC(=O)CCCCCCCCCCCCCCCCC)OC(=O)CCCCCCCCCCCCCCCCC)OC(=O)CCCCCCCCCCCCCCCCC. The van der Waals surface area contributed by atoms with Gasteiger partial charge in [0.15, 0.2) is 12.2 Å². The fourth-order valence-corrected chi connectivity index (χ4v) is 12.9. The van der Waals surface area contributed by atoms with E-state index in [-0.39, 0.29) is 64.0 Å². The molecular weight excluding hydrogens is 1200 g/mol. The molecule has 0 aromatic rings. The van der Waals surface area contributed by atoms with Crippen LogP contribution in [0.3, 0.4) is 0 Å². The first-order valence-electron chi connectivity index (χ1n) is 42.2. The van der Waals surface area contributed by atoms with E-state index in [2.05, 4.69) is 27.7 Å². The Hall–Kier alpha value is -3.18. The summed E-state index contributed by atoms with van der Waals surface area (Å²) in [4.78, 5) is 77.8. The van der Waals surface area contributed by atoms with Gasteiger partial charge in [-0.05, 0) is 38.5 Å². The summed E-state index contributed by atoms with van der Waals surface area (Å²) < 4.78 is 33.9. The van der Waals surface area contributed by atoms with E-state index in [9.17, 15) is 28.8 Å². The van der Waals surface area contributed by atoms with Crippen molar-refractivity contribution in [2.75, 3.05) is 26.4 Å². The molecule has 0 saturated heterocycles. The molecule has 2 atom stereocenters. The Labute approximate surface area is 593 Å². The summed E-state index contributed by atoms with van der Waals surface area (Å²) in [5.74, 6) is -2.51. The lowest BCUT2D eigenvalue weighted by Crippen LogP contribution is -2.31. The van der Waals surface area contributed by atoms with Gasteiger partial charge in [-0.3, -0.25) is 28.8 Å². The van der Waals surface area contributed by atoms with Crippen LogP contribution in [0.15, 0.2) is 0 Å². The number of unbranched alkanes of at least 4 members (excludes halogenated alkanes) is 57. The highest BCUT2D eigenvalue weighted by molar-refractivity contribution is 5.72. The van der Waals surface area contributed by atoms with Gasteiger partial charge in [0.1, 0.15) is 26.4 Å². The Morgan fingerprint density at radius 1 is 0.167 bits per heavy atom. The zero-order chi connectivity index (χ0) is 69.8. The number of rotatable bonds is 79. The predicted molar refractivity (Wildman–Crippen MR) is 400 cm³/mol. The van der Waals surface area contributed by atoms with Crippen LogP contribution in [0.25, 0.3) is 0 Å². The first-order chi connectivity index (χ1) is 47.1. The van der Waals surface area contributed by atoms with Crippen molar-refractivity contribution in [3.05, 3.63) is 0 Å². The zero-order valence-corrected chi connectivity index (χ0v) is 64.0. The summed E-state index contributed by atoms with van der Waals surface area (Å²) in [6.07, 6.45) is 74.3. The van der Waals surface area contributed by atoms with Crippen LogP contribution in [0.1, 0.15) is 464 Å². The van der Waals surface area contributed by atoms with Gasteiger partial charge >= 0.3 is 35.8 Å². The van der Waals surface area contributed by atoms with Crippen molar-refractivity contribution < 1.29 is 57.2 Å². The van der Waals surface area contributed by atoms with Crippen LogP contribution in [0.5, 0.6) is 0 Å². The summed E-state index contributed by atoms with van der Waals surface area (Å²) in [6.45, 7) is 8.22. The maximum atomic E-state index is 13.1. The minimum atomic E-state index is -0.919. The summed E-state index contributed by atoms with van der Waals surface area (Å²) >= 11 is 0. The molecule has 566 valence electrons. The summed E-state index contributed by atoms with van der Waals surface area (Å²) in [7, 11) is 0. The van der Waals surface area contributed by atoms with Gasteiger partial charge in [0, 0.05) is 38.5 Å². The minimum Gasteiger partial charge on any atom is -0.462 e. The molecule has 0 spiro atoms. The number of ether oxygens (including phenoxy) is 6. The van der Waals surface area contributed by atoms with E-state index in [0.29, 0.717) is 38.5 Å². The largest absolute Gasteiger partial charge is 0.462 e. The molecule has 96 heavy (non-hydrogen) atoms. The molecule has 0 rings (SSSR count). The zero-order valence-electron chi connectivity index (χ0n) is 64.0. The molecule has 0 bridgehead atoms. The van der Waals surface area contributed by atoms with E-state index in [4.69, 9.17) is 28.4 Å². The molecule has 0 radical (unpaired) electrons. The van der Waals surface area contributed by atoms with Gasteiger partial charge in [-0.15, -0.1) is 0 Å². The first kappa shape index (κ1) is 92.8. The second-order valence-electron chi connectivity index (χ2n) is 29.0. The van der Waals surface area contributed by atoms with E-state index in [0.717, 1.165) is 77.0 Å². The number of carbonyl (C=O) groups excluding carboxylic acids is 6. The number of carbonyl (C=O) groups is 6. The third kappa shape index (κ3) is 73.5. The van der Waals surface area contributed by atoms with Crippen LogP contribution in [0.2, 0.25) is 0 Å². The molecule has 0 aliphatic carbocycles. The highest BCUT2D eigenvalue weighted by Gasteiger charge is 2.22. The van der Waals surface area contributed by atoms with Gasteiger partial charge in [-0.1, -0.05) is 387 Å². The second-order valence-corrected chi connectivity index (χ2v) is 29.0. The molecule has 0 aliphatic rings. The fraction of sp³-hybridized carbons (Fsp3) is 0.929. The van der Waals surface area contributed by atoms with Crippen LogP contribution in [-0.4, -0.2) is 74.5 Å². The van der Waals surface area contributed by atoms with Gasteiger partial charge < -0.3 is 28.4 Å². The van der Waals surface area contributed by atoms with Crippen LogP contribution in [0.4, 0.5) is 0 Å².